The minimum atomic E-state index is -0.450. The molecule has 7 nitrogen and oxygen atoms in total. The second-order valence-electron chi connectivity index (χ2n) is 4.50. The largest absolute Gasteiger partial charge is 0.360 e. The summed E-state index contributed by atoms with van der Waals surface area (Å²) in [5.41, 5.74) is 1.34. The van der Waals surface area contributed by atoms with Crippen LogP contribution in [0.2, 0.25) is 0 Å². The summed E-state index contributed by atoms with van der Waals surface area (Å²) in [7, 11) is 0. The molecule has 2 aromatic heterocycles. The number of hydrogen-bond acceptors (Lipinski definition) is 7. The predicted octanol–water partition coefficient (Wildman–Crippen LogP) is 3.19. The maximum absolute atomic E-state index is 11.2. The number of thiophene rings is 1. The number of rotatable bonds is 7. The van der Waals surface area contributed by atoms with Crippen LogP contribution in [0.1, 0.15) is 24.6 Å². The molecule has 0 bridgehead atoms. The van der Waals surface area contributed by atoms with Crippen LogP contribution < -0.4 is 10.6 Å². The first-order chi connectivity index (χ1) is 10.1. The minimum absolute atomic E-state index is 0.0766. The molecule has 2 aromatic rings. The zero-order valence-corrected chi connectivity index (χ0v) is 12.7. The Hall–Kier alpha value is -2.22. The summed E-state index contributed by atoms with van der Waals surface area (Å²) in [5, 5.41) is 21.2. The molecule has 21 heavy (non-hydrogen) atoms. The number of nitro groups is 1. The van der Waals surface area contributed by atoms with E-state index in [-0.39, 0.29) is 11.5 Å². The Bertz CT molecular complexity index is 615. The van der Waals surface area contributed by atoms with Crippen molar-refractivity contribution in [2.45, 2.75) is 26.8 Å². The second kappa shape index (κ2) is 6.98. The van der Waals surface area contributed by atoms with Crippen LogP contribution in [-0.2, 0) is 6.54 Å². The van der Waals surface area contributed by atoms with Crippen LogP contribution in [-0.4, -0.2) is 21.4 Å². The number of hydrogen-bond donors (Lipinski definition) is 2. The Kier molecular flexibility index (Phi) is 5.04. The fraction of sp³-hybridized carbons (Fsp3) is 0.385. The number of nitrogens with zero attached hydrogens (tertiary/aromatic N) is 3. The molecule has 0 atom stereocenters. The average molecular weight is 307 g/mol. The van der Waals surface area contributed by atoms with Crippen molar-refractivity contribution >= 4 is 28.8 Å². The molecule has 0 aliphatic carbocycles. The smallest absolute Gasteiger partial charge is 0.332 e. The molecule has 0 aliphatic rings. The third-order valence-corrected chi connectivity index (χ3v) is 3.55. The van der Waals surface area contributed by atoms with Gasteiger partial charge in [-0.25, -0.2) is 4.98 Å². The lowest BCUT2D eigenvalue weighted by molar-refractivity contribution is -0.385. The van der Waals surface area contributed by atoms with Gasteiger partial charge in [-0.3, -0.25) is 10.1 Å². The summed E-state index contributed by atoms with van der Waals surface area (Å²) in [4.78, 5) is 19.1. The van der Waals surface area contributed by atoms with Gasteiger partial charge in [0.05, 0.1) is 4.92 Å². The summed E-state index contributed by atoms with van der Waals surface area (Å²) in [6.07, 6.45) is 0.928. The number of aryl methyl sites for hydroxylation is 1. The first-order valence-electron chi connectivity index (χ1n) is 6.63. The first kappa shape index (κ1) is 15.2. The van der Waals surface area contributed by atoms with Crippen molar-refractivity contribution in [1.82, 2.24) is 9.97 Å². The topological polar surface area (TPSA) is 93.0 Å². The van der Waals surface area contributed by atoms with Crippen molar-refractivity contribution in [3.05, 3.63) is 38.2 Å². The fourth-order valence-electron chi connectivity index (χ4n) is 1.80. The van der Waals surface area contributed by atoms with E-state index in [1.165, 1.54) is 0 Å². The lowest BCUT2D eigenvalue weighted by Gasteiger charge is -2.10. The molecule has 0 radical (unpaired) electrons. The molecule has 0 spiro atoms. The van der Waals surface area contributed by atoms with Gasteiger partial charge >= 0.3 is 5.69 Å². The summed E-state index contributed by atoms with van der Waals surface area (Å²) >= 11 is 1.58. The highest BCUT2D eigenvalue weighted by molar-refractivity contribution is 7.07. The minimum Gasteiger partial charge on any atom is -0.360 e. The van der Waals surface area contributed by atoms with Crippen molar-refractivity contribution in [3.63, 3.8) is 0 Å². The van der Waals surface area contributed by atoms with Crippen LogP contribution in [0.15, 0.2) is 16.8 Å². The van der Waals surface area contributed by atoms with Crippen molar-refractivity contribution in [1.29, 1.82) is 0 Å². The molecule has 0 amide bonds. The molecular weight excluding hydrogens is 290 g/mol. The van der Waals surface area contributed by atoms with Crippen LogP contribution >= 0.6 is 11.3 Å². The van der Waals surface area contributed by atoms with Gasteiger partial charge in [-0.05, 0) is 35.7 Å². The standard InChI is InChI=1S/C13H17N5O2S/c1-3-5-14-13-16-9(2)11(18(19)20)12(17-13)15-7-10-4-6-21-8-10/h4,6,8H,3,5,7H2,1-2H3,(H2,14,15,16,17). The Morgan fingerprint density at radius 2 is 2.19 bits per heavy atom. The Morgan fingerprint density at radius 3 is 2.81 bits per heavy atom. The van der Waals surface area contributed by atoms with Gasteiger partial charge in [0.15, 0.2) is 0 Å². The van der Waals surface area contributed by atoms with E-state index < -0.39 is 4.92 Å². The zero-order valence-electron chi connectivity index (χ0n) is 11.9. The van der Waals surface area contributed by atoms with Gasteiger partial charge < -0.3 is 10.6 Å². The van der Waals surface area contributed by atoms with Gasteiger partial charge in [-0.15, -0.1) is 0 Å². The van der Waals surface area contributed by atoms with Crippen molar-refractivity contribution in [2.24, 2.45) is 0 Å². The predicted molar refractivity (Wildman–Crippen MR) is 83.8 cm³/mol. The molecule has 2 rings (SSSR count). The fourth-order valence-corrected chi connectivity index (χ4v) is 2.47. The van der Waals surface area contributed by atoms with Crippen molar-refractivity contribution in [2.75, 3.05) is 17.2 Å². The van der Waals surface area contributed by atoms with Gasteiger partial charge in [-0.2, -0.15) is 16.3 Å². The van der Waals surface area contributed by atoms with E-state index >= 15 is 0 Å². The van der Waals surface area contributed by atoms with Gasteiger partial charge in [0, 0.05) is 13.1 Å². The molecule has 0 saturated heterocycles. The van der Waals surface area contributed by atoms with E-state index in [0.29, 0.717) is 18.2 Å². The van der Waals surface area contributed by atoms with Crippen LogP contribution in [0.25, 0.3) is 0 Å². The first-order valence-corrected chi connectivity index (χ1v) is 7.58. The molecule has 0 saturated carbocycles. The molecule has 0 aromatic carbocycles. The van der Waals surface area contributed by atoms with E-state index in [4.69, 9.17) is 0 Å². The van der Waals surface area contributed by atoms with Crippen LogP contribution in [0.3, 0.4) is 0 Å². The van der Waals surface area contributed by atoms with Gasteiger partial charge in [0.2, 0.25) is 11.8 Å². The second-order valence-corrected chi connectivity index (χ2v) is 5.28. The highest BCUT2D eigenvalue weighted by Gasteiger charge is 2.21. The molecule has 8 heteroatoms. The van der Waals surface area contributed by atoms with Crippen LogP contribution in [0.4, 0.5) is 17.5 Å². The summed E-state index contributed by atoms with van der Waals surface area (Å²) < 4.78 is 0. The number of nitrogens with one attached hydrogen (secondary N) is 2. The highest BCUT2D eigenvalue weighted by Crippen LogP contribution is 2.27. The zero-order chi connectivity index (χ0) is 15.2. The third-order valence-electron chi connectivity index (χ3n) is 2.81. The van der Waals surface area contributed by atoms with Crippen LogP contribution in [0.5, 0.6) is 0 Å². The molecule has 0 unspecified atom stereocenters. The number of aromatic nitrogens is 2. The third kappa shape index (κ3) is 3.88. The lowest BCUT2D eigenvalue weighted by Crippen LogP contribution is -2.11. The van der Waals surface area contributed by atoms with E-state index in [1.54, 1.807) is 18.3 Å². The van der Waals surface area contributed by atoms with E-state index in [1.807, 2.05) is 23.8 Å². The maximum Gasteiger partial charge on any atom is 0.332 e. The summed E-state index contributed by atoms with van der Waals surface area (Å²) in [5.74, 6) is 0.657. The Morgan fingerprint density at radius 1 is 1.38 bits per heavy atom. The molecule has 2 N–H and O–H groups in total. The molecule has 0 fully saturated rings. The van der Waals surface area contributed by atoms with Crippen molar-refractivity contribution < 1.29 is 4.92 Å². The summed E-state index contributed by atoms with van der Waals surface area (Å²) in [6, 6.07) is 1.97. The normalized spacial score (nSPS) is 10.4. The quantitative estimate of drug-likeness (QED) is 0.603. The van der Waals surface area contributed by atoms with Crippen LogP contribution in [0, 0.1) is 17.0 Å². The average Bonchev–Trinajstić information content (AvgIpc) is 2.95. The number of anilines is 2. The molecule has 0 aliphatic heterocycles. The van der Waals surface area contributed by atoms with Gasteiger partial charge in [0.1, 0.15) is 5.69 Å². The molecular formula is C13H17N5O2S. The molecule has 112 valence electrons. The van der Waals surface area contributed by atoms with E-state index in [2.05, 4.69) is 20.6 Å². The van der Waals surface area contributed by atoms with E-state index in [0.717, 1.165) is 18.5 Å². The maximum atomic E-state index is 11.2. The Labute approximate surface area is 126 Å². The molecule has 2 heterocycles. The van der Waals surface area contributed by atoms with Gasteiger partial charge in [-0.1, -0.05) is 6.92 Å². The monoisotopic (exact) mass is 307 g/mol. The lowest BCUT2D eigenvalue weighted by atomic mass is 10.3. The SMILES string of the molecule is CCCNc1nc(C)c([N+](=O)[O-])c(NCc2ccsc2)n1. The summed E-state index contributed by atoms with van der Waals surface area (Å²) in [6.45, 7) is 4.86. The van der Waals surface area contributed by atoms with Crippen molar-refractivity contribution in [3.8, 4) is 0 Å². The van der Waals surface area contributed by atoms with E-state index in [9.17, 15) is 10.1 Å². The Balaban J connectivity index is 2.25. The van der Waals surface area contributed by atoms with Gasteiger partial charge in [0.25, 0.3) is 0 Å². The highest BCUT2D eigenvalue weighted by atomic mass is 32.1.